The summed E-state index contributed by atoms with van der Waals surface area (Å²) >= 11 is 3.23. The molecule has 0 aliphatic carbocycles. The molecule has 1 aromatic rings. The van der Waals surface area contributed by atoms with E-state index >= 15 is 0 Å². The normalized spacial score (nSPS) is 19.9. The van der Waals surface area contributed by atoms with Gasteiger partial charge < -0.3 is 5.73 Å². The van der Waals surface area contributed by atoms with Gasteiger partial charge >= 0.3 is 0 Å². The van der Waals surface area contributed by atoms with Crippen molar-refractivity contribution in [1.82, 2.24) is 4.98 Å². The van der Waals surface area contributed by atoms with Crippen LogP contribution in [-0.2, 0) is 4.79 Å². The first-order valence-corrected chi connectivity index (χ1v) is 5.52. The Balaban J connectivity index is 2.41. The molecule has 0 spiro atoms. The van der Waals surface area contributed by atoms with E-state index in [0.29, 0.717) is 28.8 Å². The molecule has 6 heteroatoms. The first-order valence-electron chi connectivity index (χ1n) is 4.73. The fourth-order valence-electron chi connectivity index (χ4n) is 1.67. The molecule has 5 nitrogen and oxygen atoms in total. The quantitative estimate of drug-likeness (QED) is 0.824. The van der Waals surface area contributed by atoms with Gasteiger partial charge in [0.05, 0.1) is 5.56 Å². The van der Waals surface area contributed by atoms with E-state index in [1.165, 1.54) is 4.90 Å². The highest BCUT2D eigenvalue weighted by Gasteiger charge is 2.30. The second-order valence-corrected chi connectivity index (χ2v) is 4.52. The van der Waals surface area contributed by atoms with Gasteiger partial charge in [0.15, 0.2) is 5.82 Å². The van der Waals surface area contributed by atoms with Crippen LogP contribution in [0.25, 0.3) is 0 Å². The Morgan fingerprint density at radius 2 is 2.44 bits per heavy atom. The summed E-state index contributed by atoms with van der Waals surface area (Å²) in [5.41, 5.74) is 6.06. The lowest BCUT2D eigenvalue weighted by molar-refractivity contribution is -0.117. The van der Waals surface area contributed by atoms with Crippen molar-refractivity contribution in [2.75, 3.05) is 11.4 Å². The van der Waals surface area contributed by atoms with Gasteiger partial charge in [-0.1, -0.05) is 0 Å². The zero-order valence-corrected chi connectivity index (χ0v) is 9.94. The van der Waals surface area contributed by atoms with Crippen molar-refractivity contribution in [1.29, 1.82) is 5.26 Å². The van der Waals surface area contributed by atoms with Crippen molar-refractivity contribution in [3.63, 3.8) is 0 Å². The summed E-state index contributed by atoms with van der Waals surface area (Å²) in [6.45, 7) is 0.419. The summed E-state index contributed by atoms with van der Waals surface area (Å²) in [4.78, 5) is 17.2. The average Bonchev–Trinajstić information content (AvgIpc) is 2.57. The number of nitrogens with two attached hydrogens (primary N) is 1. The number of carbonyl (C=O) groups excluding carboxylic acids is 1. The molecule has 0 aromatic carbocycles. The molecule has 1 aliphatic heterocycles. The van der Waals surface area contributed by atoms with Gasteiger partial charge in [-0.2, -0.15) is 5.26 Å². The summed E-state index contributed by atoms with van der Waals surface area (Å²) in [6.07, 6.45) is 1.87. The number of halogens is 1. The molecule has 1 fully saturated rings. The SMILES string of the molecule is N#Cc1cc(Br)cnc1N1CC(N)CC1=O. The Morgan fingerprint density at radius 1 is 1.69 bits per heavy atom. The predicted octanol–water partition coefficient (Wildman–Crippen LogP) is 0.780. The molecule has 1 atom stereocenters. The lowest BCUT2D eigenvalue weighted by atomic mass is 10.2. The largest absolute Gasteiger partial charge is 0.326 e. The van der Waals surface area contributed by atoms with E-state index in [2.05, 4.69) is 20.9 Å². The van der Waals surface area contributed by atoms with E-state index < -0.39 is 0 Å². The first-order chi connectivity index (χ1) is 7.61. The number of hydrogen-bond donors (Lipinski definition) is 1. The minimum atomic E-state index is -0.176. The maximum absolute atomic E-state index is 11.6. The number of rotatable bonds is 1. The third-order valence-electron chi connectivity index (χ3n) is 2.36. The number of nitrogens with zero attached hydrogens (tertiary/aromatic N) is 3. The Labute approximate surface area is 101 Å². The van der Waals surface area contributed by atoms with Crippen LogP contribution in [0.1, 0.15) is 12.0 Å². The van der Waals surface area contributed by atoms with E-state index in [1.807, 2.05) is 6.07 Å². The lowest BCUT2D eigenvalue weighted by Gasteiger charge is -2.15. The summed E-state index contributed by atoms with van der Waals surface area (Å²) < 4.78 is 0.712. The Kier molecular flexibility index (Phi) is 2.90. The van der Waals surface area contributed by atoms with Gasteiger partial charge in [0.2, 0.25) is 5.91 Å². The molecule has 16 heavy (non-hydrogen) atoms. The van der Waals surface area contributed by atoms with Crippen molar-refractivity contribution in [3.05, 3.63) is 22.3 Å². The average molecular weight is 281 g/mol. The number of anilines is 1. The highest BCUT2D eigenvalue weighted by Crippen LogP contribution is 2.24. The van der Waals surface area contributed by atoms with E-state index in [1.54, 1.807) is 12.3 Å². The minimum absolute atomic E-state index is 0.0844. The molecule has 0 saturated carbocycles. The summed E-state index contributed by atoms with van der Waals surface area (Å²) in [7, 11) is 0. The van der Waals surface area contributed by atoms with Crippen molar-refractivity contribution in [2.45, 2.75) is 12.5 Å². The third-order valence-corrected chi connectivity index (χ3v) is 2.80. The van der Waals surface area contributed by atoms with Crippen molar-refractivity contribution < 1.29 is 4.79 Å². The van der Waals surface area contributed by atoms with Gasteiger partial charge in [0, 0.05) is 29.7 Å². The number of nitriles is 1. The first kappa shape index (κ1) is 11.0. The maximum Gasteiger partial charge on any atom is 0.229 e. The number of aromatic nitrogens is 1. The molecule has 1 saturated heterocycles. The van der Waals surface area contributed by atoms with Gasteiger partial charge in [-0.3, -0.25) is 9.69 Å². The molecule has 2 N–H and O–H groups in total. The summed E-state index contributed by atoms with van der Waals surface area (Å²) in [5.74, 6) is 0.308. The number of pyridine rings is 1. The Hall–Kier alpha value is -1.45. The van der Waals surface area contributed by atoms with E-state index in [9.17, 15) is 4.79 Å². The molecule has 2 heterocycles. The van der Waals surface area contributed by atoms with Crippen LogP contribution in [0.2, 0.25) is 0 Å². The molecular weight excluding hydrogens is 272 g/mol. The topological polar surface area (TPSA) is 83.0 Å². The van der Waals surface area contributed by atoms with Gasteiger partial charge in [0.25, 0.3) is 0 Å². The van der Waals surface area contributed by atoms with Crippen molar-refractivity contribution >= 4 is 27.7 Å². The van der Waals surface area contributed by atoms with Crippen molar-refractivity contribution in [2.24, 2.45) is 5.73 Å². The van der Waals surface area contributed by atoms with Gasteiger partial charge in [-0.25, -0.2) is 4.98 Å². The van der Waals surface area contributed by atoms with Gasteiger partial charge in [-0.15, -0.1) is 0 Å². The Morgan fingerprint density at radius 3 is 3.00 bits per heavy atom. The van der Waals surface area contributed by atoms with Crippen LogP contribution in [0, 0.1) is 11.3 Å². The molecule has 1 unspecified atom stereocenters. The van der Waals surface area contributed by atoms with Gasteiger partial charge in [-0.05, 0) is 22.0 Å². The van der Waals surface area contributed by atoms with Crippen LogP contribution >= 0.6 is 15.9 Å². The maximum atomic E-state index is 11.6. The molecule has 2 rings (SSSR count). The van der Waals surface area contributed by atoms with Crippen LogP contribution in [0.5, 0.6) is 0 Å². The molecule has 0 bridgehead atoms. The summed E-state index contributed by atoms with van der Waals surface area (Å²) in [6, 6.07) is 3.48. The van der Waals surface area contributed by atoms with Gasteiger partial charge in [0.1, 0.15) is 6.07 Å². The van der Waals surface area contributed by atoms with E-state index in [4.69, 9.17) is 11.0 Å². The predicted molar refractivity (Wildman–Crippen MR) is 61.6 cm³/mol. The smallest absolute Gasteiger partial charge is 0.229 e. The summed E-state index contributed by atoms with van der Waals surface area (Å²) in [5, 5.41) is 8.98. The lowest BCUT2D eigenvalue weighted by Crippen LogP contribution is -2.29. The number of amides is 1. The standard InChI is InChI=1S/C10H9BrN4O/c11-7-1-6(3-12)10(14-4-7)15-5-8(13)2-9(15)16/h1,4,8H,2,5,13H2. The van der Waals surface area contributed by atoms with Crippen LogP contribution in [-0.4, -0.2) is 23.5 Å². The third kappa shape index (κ3) is 1.92. The molecular formula is C10H9BrN4O. The van der Waals surface area contributed by atoms with E-state index in [0.717, 1.165) is 0 Å². The minimum Gasteiger partial charge on any atom is -0.326 e. The molecule has 1 amide bonds. The molecule has 82 valence electrons. The van der Waals surface area contributed by atoms with Crippen LogP contribution in [0.3, 0.4) is 0 Å². The highest BCUT2D eigenvalue weighted by atomic mass is 79.9. The second-order valence-electron chi connectivity index (χ2n) is 3.61. The molecule has 1 aromatic heterocycles. The van der Waals surface area contributed by atoms with Crippen LogP contribution in [0.15, 0.2) is 16.7 Å². The Bertz CT molecular complexity index is 482. The van der Waals surface area contributed by atoms with Crippen LogP contribution < -0.4 is 10.6 Å². The fraction of sp³-hybridized carbons (Fsp3) is 0.300. The van der Waals surface area contributed by atoms with Crippen LogP contribution in [0.4, 0.5) is 5.82 Å². The number of hydrogen-bond acceptors (Lipinski definition) is 4. The molecule has 1 aliphatic rings. The van der Waals surface area contributed by atoms with E-state index in [-0.39, 0.29) is 11.9 Å². The number of carbonyl (C=O) groups is 1. The molecule has 0 radical (unpaired) electrons. The fourth-order valence-corrected chi connectivity index (χ4v) is 2.00. The second kappa shape index (κ2) is 4.20. The van der Waals surface area contributed by atoms with Crippen molar-refractivity contribution in [3.8, 4) is 6.07 Å². The monoisotopic (exact) mass is 280 g/mol. The zero-order chi connectivity index (χ0) is 11.7. The zero-order valence-electron chi connectivity index (χ0n) is 8.35. The highest BCUT2D eigenvalue weighted by molar-refractivity contribution is 9.10.